The number of carbonyl (C=O) groups is 1. The molecule has 3 nitrogen and oxygen atoms in total. The summed E-state index contributed by atoms with van der Waals surface area (Å²) in [6, 6.07) is 1.45. The Morgan fingerprint density at radius 1 is 2.00 bits per heavy atom. The minimum absolute atomic E-state index is 1.13. The fourth-order valence-corrected chi connectivity index (χ4v) is 0.0552. The molecule has 0 aliphatic carbocycles. The molecule has 0 saturated heterocycles. The number of aliphatic carboxylic acids is 1. The van der Waals surface area contributed by atoms with Crippen LogP contribution in [0.1, 0.15) is 0 Å². The SMILES string of the molecule is [CH2]C(C#N)C(=O)O. The molecule has 1 unspecified atom stereocenters. The summed E-state index contributed by atoms with van der Waals surface area (Å²) >= 11 is 0. The third-order valence-corrected chi connectivity index (χ3v) is 0.454. The van der Waals surface area contributed by atoms with Crippen molar-refractivity contribution in [2.45, 2.75) is 0 Å². The van der Waals surface area contributed by atoms with E-state index in [0.29, 0.717) is 0 Å². The lowest BCUT2D eigenvalue weighted by atomic mass is 10.2. The van der Waals surface area contributed by atoms with Gasteiger partial charge in [0.05, 0.1) is 6.07 Å². The summed E-state index contributed by atoms with van der Waals surface area (Å²) in [5.41, 5.74) is 0. The maximum Gasteiger partial charge on any atom is 0.320 e. The van der Waals surface area contributed by atoms with Crippen molar-refractivity contribution in [1.82, 2.24) is 0 Å². The predicted molar refractivity (Wildman–Crippen MR) is 22.1 cm³/mol. The molecule has 0 saturated carbocycles. The van der Waals surface area contributed by atoms with Crippen molar-refractivity contribution < 1.29 is 9.90 Å². The van der Waals surface area contributed by atoms with Crippen molar-refractivity contribution in [3.05, 3.63) is 6.92 Å². The number of rotatable bonds is 1. The van der Waals surface area contributed by atoms with Gasteiger partial charge in [0.1, 0.15) is 5.92 Å². The van der Waals surface area contributed by atoms with E-state index in [1.165, 1.54) is 6.07 Å². The van der Waals surface area contributed by atoms with Gasteiger partial charge in [-0.2, -0.15) is 5.26 Å². The Kier molecular flexibility index (Phi) is 1.86. The molecule has 0 heterocycles. The van der Waals surface area contributed by atoms with E-state index in [1.54, 1.807) is 0 Å². The second kappa shape index (κ2) is 2.19. The monoisotopic (exact) mass is 98.0 g/mol. The Morgan fingerprint density at radius 2 is 2.43 bits per heavy atom. The van der Waals surface area contributed by atoms with Crippen molar-refractivity contribution in [2.24, 2.45) is 5.92 Å². The van der Waals surface area contributed by atoms with Crippen LogP contribution in [0.15, 0.2) is 0 Å². The zero-order valence-electron chi connectivity index (χ0n) is 3.59. The summed E-state index contributed by atoms with van der Waals surface area (Å²) in [4.78, 5) is 9.65. The van der Waals surface area contributed by atoms with Crippen LogP contribution in [0, 0.1) is 24.2 Å². The third kappa shape index (κ3) is 1.77. The Balaban J connectivity index is 3.63. The topological polar surface area (TPSA) is 61.1 Å². The molecule has 1 radical (unpaired) electrons. The summed E-state index contributed by atoms with van der Waals surface area (Å²) in [7, 11) is 0. The quantitative estimate of drug-likeness (QED) is 0.503. The van der Waals surface area contributed by atoms with Gasteiger partial charge in [0.2, 0.25) is 0 Å². The summed E-state index contributed by atoms with van der Waals surface area (Å²) in [6.45, 7) is 3.00. The molecule has 0 aromatic heterocycles. The first-order valence-corrected chi connectivity index (χ1v) is 1.64. The van der Waals surface area contributed by atoms with E-state index >= 15 is 0 Å². The van der Waals surface area contributed by atoms with Crippen LogP contribution >= 0.6 is 0 Å². The summed E-state index contributed by atoms with van der Waals surface area (Å²) in [5.74, 6) is -2.30. The molecule has 0 fully saturated rings. The van der Waals surface area contributed by atoms with Crippen LogP contribution in [0.2, 0.25) is 0 Å². The van der Waals surface area contributed by atoms with Crippen LogP contribution < -0.4 is 0 Å². The first-order chi connectivity index (χ1) is 3.18. The van der Waals surface area contributed by atoms with E-state index in [9.17, 15) is 4.79 Å². The van der Waals surface area contributed by atoms with Gasteiger partial charge in [-0.25, -0.2) is 0 Å². The smallest absolute Gasteiger partial charge is 0.320 e. The van der Waals surface area contributed by atoms with Crippen LogP contribution in [0.25, 0.3) is 0 Å². The minimum atomic E-state index is -1.18. The van der Waals surface area contributed by atoms with Crippen molar-refractivity contribution >= 4 is 5.97 Å². The second-order valence-electron chi connectivity index (χ2n) is 1.02. The molecule has 0 rings (SSSR count). The maximum absolute atomic E-state index is 9.65. The van der Waals surface area contributed by atoms with Gasteiger partial charge < -0.3 is 5.11 Å². The zero-order chi connectivity index (χ0) is 5.86. The van der Waals surface area contributed by atoms with Crippen LogP contribution in [-0.2, 0) is 4.79 Å². The number of carboxylic acid groups (broad SMARTS) is 1. The lowest BCUT2D eigenvalue weighted by Crippen LogP contribution is -2.05. The molecule has 0 aromatic carbocycles. The highest BCUT2D eigenvalue weighted by molar-refractivity contribution is 5.73. The van der Waals surface area contributed by atoms with Crippen LogP contribution in [0.4, 0.5) is 0 Å². The summed E-state index contributed by atoms with van der Waals surface area (Å²) in [5, 5.41) is 15.7. The number of hydrogen-bond donors (Lipinski definition) is 1. The van der Waals surface area contributed by atoms with Crippen LogP contribution in [0.3, 0.4) is 0 Å². The standard InChI is InChI=1S/C4H4NO2/c1-3(2-5)4(6)7/h3H,1H2,(H,6,7). The highest BCUT2D eigenvalue weighted by Crippen LogP contribution is 1.86. The van der Waals surface area contributed by atoms with E-state index in [0.717, 1.165) is 0 Å². The zero-order valence-corrected chi connectivity index (χ0v) is 3.59. The fraction of sp³-hybridized carbons (Fsp3) is 0.250. The van der Waals surface area contributed by atoms with E-state index in [-0.39, 0.29) is 0 Å². The molecule has 1 N–H and O–H groups in total. The number of carboxylic acids is 1. The first-order valence-electron chi connectivity index (χ1n) is 1.64. The predicted octanol–water partition coefficient (Wildman–Crippen LogP) is 0.0449. The maximum atomic E-state index is 9.65. The largest absolute Gasteiger partial charge is 0.480 e. The molecular formula is C4H4NO2. The van der Waals surface area contributed by atoms with Crippen LogP contribution in [-0.4, -0.2) is 11.1 Å². The van der Waals surface area contributed by atoms with Gasteiger partial charge in [-0.1, -0.05) is 0 Å². The lowest BCUT2D eigenvalue weighted by Gasteiger charge is -1.86. The van der Waals surface area contributed by atoms with Gasteiger partial charge in [0, 0.05) is 0 Å². The van der Waals surface area contributed by atoms with Gasteiger partial charge in [0.25, 0.3) is 0 Å². The van der Waals surface area contributed by atoms with Crippen molar-refractivity contribution in [3.63, 3.8) is 0 Å². The molecule has 0 aromatic rings. The second-order valence-corrected chi connectivity index (χ2v) is 1.02. The van der Waals surface area contributed by atoms with Crippen molar-refractivity contribution in [1.29, 1.82) is 5.26 Å². The van der Waals surface area contributed by atoms with E-state index < -0.39 is 11.9 Å². The normalized spacial score (nSPS) is 12.0. The minimum Gasteiger partial charge on any atom is -0.480 e. The van der Waals surface area contributed by atoms with E-state index in [1.807, 2.05) is 0 Å². The number of nitriles is 1. The number of nitrogens with zero attached hydrogens (tertiary/aromatic N) is 1. The van der Waals surface area contributed by atoms with Gasteiger partial charge >= 0.3 is 5.97 Å². The third-order valence-electron chi connectivity index (χ3n) is 0.454. The molecule has 0 amide bonds. The molecule has 0 aliphatic rings. The Morgan fingerprint density at radius 3 is 2.43 bits per heavy atom. The Hall–Kier alpha value is -1.04. The average molecular weight is 98.1 g/mol. The van der Waals surface area contributed by atoms with Gasteiger partial charge in [-0.3, -0.25) is 4.79 Å². The molecule has 0 aliphatic heterocycles. The highest BCUT2D eigenvalue weighted by atomic mass is 16.4. The van der Waals surface area contributed by atoms with Crippen molar-refractivity contribution in [3.8, 4) is 6.07 Å². The van der Waals surface area contributed by atoms with Crippen LogP contribution in [0.5, 0.6) is 0 Å². The molecule has 0 spiro atoms. The summed E-state index contributed by atoms with van der Waals surface area (Å²) in [6.07, 6.45) is 0. The molecule has 3 heteroatoms. The van der Waals surface area contributed by atoms with Gasteiger partial charge in [0.15, 0.2) is 0 Å². The van der Waals surface area contributed by atoms with Gasteiger partial charge in [-0.15, -0.1) is 0 Å². The van der Waals surface area contributed by atoms with Crippen molar-refractivity contribution in [2.75, 3.05) is 0 Å². The summed E-state index contributed by atoms with van der Waals surface area (Å²) < 4.78 is 0. The molecular weight excluding hydrogens is 94.0 g/mol. The molecule has 0 bridgehead atoms. The Bertz CT molecular complexity index is 113. The number of hydrogen-bond acceptors (Lipinski definition) is 2. The van der Waals surface area contributed by atoms with E-state index in [4.69, 9.17) is 10.4 Å². The van der Waals surface area contributed by atoms with E-state index in [2.05, 4.69) is 6.92 Å². The fourth-order valence-electron chi connectivity index (χ4n) is 0.0552. The molecule has 7 heavy (non-hydrogen) atoms. The lowest BCUT2D eigenvalue weighted by molar-refractivity contribution is -0.138. The first kappa shape index (κ1) is 5.96. The van der Waals surface area contributed by atoms with Gasteiger partial charge in [-0.05, 0) is 6.92 Å². The highest BCUT2D eigenvalue weighted by Gasteiger charge is 2.06. The molecule has 37 valence electrons. The molecule has 1 atom stereocenters. The average Bonchev–Trinajstić information content (AvgIpc) is 1.65. The Labute approximate surface area is 41.2 Å².